The van der Waals surface area contributed by atoms with Gasteiger partial charge in [-0.2, -0.15) is 0 Å². The highest BCUT2D eigenvalue weighted by atomic mass is 16.2. The van der Waals surface area contributed by atoms with Crippen LogP contribution in [-0.2, 0) is 0 Å². The Balaban J connectivity index is 2.19. The monoisotopic (exact) mass is 213 g/mol. The number of allylic oxidation sites excluding steroid dienone is 1. The van der Waals surface area contributed by atoms with Crippen LogP contribution < -0.4 is 0 Å². The topological polar surface area (TPSA) is 22.0 Å². The van der Waals surface area contributed by atoms with Crippen LogP contribution in [0.3, 0.4) is 0 Å². The highest BCUT2D eigenvalue weighted by Gasteiger charge is 2.07. The fourth-order valence-electron chi connectivity index (χ4n) is 1.82. The summed E-state index contributed by atoms with van der Waals surface area (Å²) in [7, 11) is 0. The van der Waals surface area contributed by atoms with E-state index in [-0.39, 0.29) is 5.91 Å². The van der Waals surface area contributed by atoms with E-state index >= 15 is 0 Å². The summed E-state index contributed by atoms with van der Waals surface area (Å²) in [5, 5.41) is 1.11. The van der Waals surface area contributed by atoms with Crippen molar-refractivity contribution < 1.29 is 4.79 Å². The largest absolute Gasteiger partial charge is 0.287 e. The Hall–Kier alpha value is -1.83. The quantitative estimate of drug-likeness (QED) is 0.561. The van der Waals surface area contributed by atoms with Gasteiger partial charge >= 0.3 is 0 Å². The zero-order valence-electron chi connectivity index (χ0n) is 9.23. The molecule has 0 saturated heterocycles. The van der Waals surface area contributed by atoms with Crippen LogP contribution in [-0.4, -0.2) is 10.5 Å². The van der Waals surface area contributed by atoms with Gasteiger partial charge < -0.3 is 0 Å². The maximum atomic E-state index is 11.9. The van der Waals surface area contributed by atoms with Crippen LogP contribution in [0, 0.1) is 0 Å². The van der Waals surface area contributed by atoms with Gasteiger partial charge in [-0.25, -0.2) is 0 Å². The molecular weight excluding hydrogens is 198 g/mol. The van der Waals surface area contributed by atoms with Crippen molar-refractivity contribution >= 4 is 16.8 Å². The molecule has 1 heterocycles. The lowest BCUT2D eigenvalue weighted by Crippen LogP contribution is -2.08. The number of hydrogen-bond acceptors (Lipinski definition) is 1. The normalized spacial score (nSPS) is 10.5. The maximum Gasteiger partial charge on any atom is 0.231 e. The molecule has 2 rings (SSSR count). The second-order valence-electron chi connectivity index (χ2n) is 3.82. The molecular formula is C14H15NO. The summed E-state index contributed by atoms with van der Waals surface area (Å²) in [4.78, 5) is 11.9. The Morgan fingerprint density at radius 2 is 2.12 bits per heavy atom. The Labute approximate surface area is 95.2 Å². The third-order valence-electron chi connectivity index (χ3n) is 2.67. The summed E-state index contributed by atoms with van der Waals surface area (Å²) in [6.07, 6.45) is 6.03. The average molecular weight is 213 g/mol. The molecule has 0 amide bonds. The summed E-state index contributed by atoms with van der Waals surface area (Å²) in [6, 6.07) is 9.90. The fourth-order valence-corrected chi connectivity index (χ4v) is 1.82. The van der Waals surface area contributed by atoms with E-state index in [0.717, 1.165) is 23.7 Å². The first-order valence-corrected chi connectivity index (χ1v) is 5.53. The van der Waals surface area contributed by atoms with Gasteiger partial charge in [-0.05, 0) is 25.0 Å². The molecule has 0 radical (unpaired) electrons. The first-order chi connectivity index (χ1) is 7.83. The molecule has 16 heavy (non-hydrogen) atoms. The average Bonchev–Trinajstić information content (AvgIpc) is 2.73. The molecule has 0 unspecified atom stereocenters. The number of benzene rings is 1. The standard InChI is InChI=1S/C14H15NO/c1-2-3-4-9-14(16)15-11-10-12-7-5-6-8-13(12)15/h2,5-8,10-11H,1,3-4,9H2. The molecule has 0 N–H and O–H groups in total. The molecule has 0 aliphatic heterocycles. The van der Waals surface area contributed by atoms with Gasteiger partial charge in [0.1, 0.15) is 0 Å². The number of unbranched alkanes of at least 4 members (excludes halogenated alkanes) is 1. The van der Waals surface area contributed by atoms with E-state index in [1.165, 1.54) is 0 Å². The van der Waals surface area contributed by atoms with E-state index in [1.807, 2.05) is 42.6 Å². The summed E-state index contributed by atoms with van der Waals surface area (Å²) in [6.45, 7) is 3.65. The van der Waals surface area contributed by atoms with Crippen LogP contribution in [0.5, 0.6) is 0 Å². The van der Waals surface area contributed by atoms with E-state index in [9.17, 15) is 4.79 Å². The van der Waals surface area contributed by atoms with Crippen molar-refractivity contribution in [1.82, 2.24) is 4.57 Å². The first-order valence-electron chi connectivity index (χ1n) is 5.53. The summed E-state index contributed by atoms with van der Waals surface area (Å²) in [5.41, 5.74) is 0.992. The lowest BCUT2D eigenvalue weighted by molar-refractivity contribution is 0.0906. The van der Waals surface area contributed by atoms with Crippen LogP contribution in [0.4, 0.5) is 0 Å². The number of carbonyl (C=O) groups excluding carboxylic acids is 1. The number of rotatable bonds is 4. The lowest BCUT2D eigenvalue weighted by Gasteiger charge is -2.02. The predicted molar refractivity (Wildman–Crippen MR) is 66.6 cm³/mol. The van der Waals surface area contributed by atoms with Gasteiger partial charge in [-0.1, -0.05) is 24.3 Å². The molecule has 0 spiro atoms. The van der Waals surface area contributed by atoms with Crippen molar-refractivity contribution in [3.05, 3.63) is 49.2 Å². The maximum absolute atomic E-state index is 11.9. The second-order valence-corrected chi connectivity index (χ2v) is 3.82. The van der Waals surface area contributed by atoms with Crippen molar-refractivity contribution in [3.8, 4) is 0 Å². The molecule has 1 aromatic carbocycles. The SMILES string of the molecule is C=CCCCC(=O)n1ccc2ccccc21. The Bertz CT molecular complexity index is 510. The molecule has 2 heteroatoms. The zero-order chi connectivity index (χ0) is 11.4. The van der Waals surface area contributed by atoms with Gasteiger partial charge in [0.05, 0.1) is 5.52 Å². The van der Waals surface area contributed by atoms with Gasteiger partial charge in [0.25, 0.3) is 0 Å². The number of carbonyl (C=O) groups is 1. The van der Waals surface area contributed by atoms with E-state index < -0.39 is 0 Å². The lowest BCUT2D eigenvalue weighted by atomic mass is 10.2. The van der Waals surface area contributed by atoms with Gasteiger partial charge in [0, 0.05) is 18.0 Å². The summed E-state index contributed by atoms with van der Waals surface area (Å²) < 4.78 is 1.73. The zero-order valence-corrected chi connectivity index (χ0v) is 9.23. The van der Waals surface area contributed by atoms with Crippen LogP contribution in [0.25, 0.3) is 10.9 Å². The number of hydrogen-bond donors (Lipinski definition) is 0. The van der Waals surface area contributed by atoms with Crippen molar-refractivity contribution in [2.75, 3.05) is 0 Å². The highest BCUT2D eigenvalue weighted by Crippen LogP contribution is 2.15. The van der Waals surface area contributed by atoms with Crippen molar-refractivity contribution in [1.29, 1.82) is 0 Å². The van der Waals surface area contributed by atoms with Crippen LogP contribution in [0.1, 0.15) is 24.1 Å². The molecule has 82 valence electrons. The van der Waals surface area contributed by atoms with E-state index in [4.69, 9.17) is 0 Å². The third kappa shape index (κ3) is 2.06. The smallest absolute Gasteiger partial charge is 0.231 e. The molecule has 0 aliphatic rings. The van der Waals surface area contributed by atoms with Gasteiger partial charge in [0.2, 0.25) is 5.91 Å². The molecule has 0 aliphatic carbocycles. The minimum Gasteiger partial charge on any atom is -0.287 e. The Kier molecular flexibility index (Phi) is 3.20. The second kappa shape index (κ2) is 4.79. The molecule has 1 aromatic heterocycles. The molecule has 0 atom stereocenters. The summed E-state index contributed by atoms with van der Waals surface area (Å²) in [5.74, 6) is 0.156. The number of nitrogens with zero attached hydrogens (tertiary/aromatic N) is 1. The highest BCUT2D eigenvalue weighted by molar-refractivity contribution is 5.92. The van der Waals surface area contributed by atoms with Crippen molar-refractivity contribution in [2.45, 2.75) is 19.3 Å². The minimum absolute atomic E-state index is 0.156. The molecule has 0 bridgehead atoms. The first kappa shape index (κ1) is 10.7. The van der Waals surface area contributed by atoms with Gasteiger partial charge in [-0.3, -0.25) is 9.36 Å². The molecule has 2 nitrogen and oxygen atoms in total. The van der Waals surface area contributed by atoms with E-state index in [1.54, 1.807) is 4.57 Å². The third-order valence-corrected chi connectivity index (χ3v) is 2.67. The van der Waals surface area contributed by atoms with Crippen molar-refractivity contribution in [3.63, 3.8) is 0 Å². The predicted octanol–water partition coefficient (Wildman–Crippen LogP) is 3.64. The minimum atomic E-state index is 0.156. The van der Waals surface area contributed by atoms with Crippen LogP contribution >= 0.6 is 0 Å². The van der Waals surface area contributed by atoms with Gasteiger partial charge in [0.15, 0.2) is 0 Å². The van der Waals surface area contributed by atoms with E-state index in [2.05, 4.69) is 6.58 Å². The fraction of sp³-hybridized carbons (Fsp3) is 0.214. The van der Waals surface area contributed by atoms with Crippen molar-refractivity contribution in [2.24, 2.45) is 0 Å². The molecule has 2 aromatic rings. The van der Waals surface area contributed by atoms with E-state index in [0.29, 0.717) is 6.42 Å². The Morgan fingerprint density at radius 1 is 1.31 bits per heavy atom. The molecule has 0 saturated carbocycles. The number of fused-ring (bicyclic) bond motifs is 1. The summed E-state index contributed by atoms with van der Waals surface area (Å²) >= 11 is 0. The van der Waals surface area contributed by atoms with Crippen LogP contribution in [0.2, 0.25) is 0 Å². The number of para-hydroxylation sites is 1. The Morgan fingerprint density at radius 3 is 2.94 bits per heavy atom. The van der Waals surface area contributed by atoms with Crippen LogP contribution in [0.15, 0.2) is 49.2 Å². The van der Waals surface area contributed by atoms with Gasteiger partial charge in [-0.15, -0.1) is 6.58 Å². The molecule has 0 fully saturated rings. The number of aromatic nitrogens is 1.